The molecular formula is C21H29FN3O3+. The molecule has 5 rings (SSSR count). The van der Waals surface area contributed by atoms with Gasteiger partial charge in [0.25, 0.3) is 5.91 Å². The van der Waals surface area contributed by atoms with E-state index in [4.69, 9.17) is 0 Å². The number of benzene rings is 1. The summed E-state index contributed by atoms with van der Waals surface area (Å²) in [6, 6.07) is 3.49. The molecule has 0 unspecified atom stereocenters. The number of carbonyl (C=O) groups excluding carboxylic acids is 1. The lowest BCUT2D eigenvalue weighted by Gasteiger charge is -2.58. The summed E-state index contributed by atoms with van der Waals surface area (Å²) in [4.78, 5) is 22.7. The Kier molecular flexibility index (Phi) is 4.89. The van der Waals surface area contributed by atoms with Crippen molar-refractivity contribution in [1.82, 2.24) is 0 Å². The zero-order valence-corrected chi connectivity index (χ0v) is 16.5. The van der Waals surface area contributed by atoms with Crippen LogP contribution in [0.15, 0.2) is 18.2 Å². The Hall–Kier alpha value is -2.02. The molecule has 4 aliphatic carbocycles. The van der Waals surface area contributed by atoms with Crippen molar-refractivity contribution in [3.05, 3.63) is 34.1 Å². The Morgan fingerprint density at radius 3 is 2.32 bits per heavy atom. The zero-order chi connectivity index (χ0) is 20.1. The number of amides is 1. The van der Waals surface area contributed by atoms with Crippen molar-refractivity contribution in [2.75, 3.05) is 5.32 Å². The Morgan fingerprint density at radius 1 is 1.21 bits per heavy atom. The predicted octanol–water partition coefficient (Wildman–Crippen LogP) is 3.23. The van der Waals surface area contributed by atoms with E-state index >= 15 is 0 Å². The molecule has 2 atom stereocenters. The van der Waals surface area contributed by atoms with Crippen LogP contribution in [0.4, 0.5) is 15.8 Å². The summed E-state index contributed by atoms with van der Waals surface area (Å²) in [5.74, 6) is 1.48. The van der Waals surface area contributed by atoms with Crippen molar-refractivity contribution < 1.29 is 19.4 Å². The first-order chi connectivity index (χ1) is 13.3. The predicted molar refractivity (Wildman–Crippen MR) is 103 cm³/mol. The van der Waals surface area contributed by atoms with Gasteiger partial charge in [-0.15, -0.1) is 0 Å². The number of nitrogens with two attached hydrogens (primary N) is 1. The van der Waals surface area contributed by atoms with Gasteiger partial charge in [0.15, 0.2) is 6.04 Å². The second kappa shape index (κ2) is 7.10. The standard InChI is InChI=1S/C21H28FN3O3/c1-12(20(26)24-17-3-4-18(22)19(8-17)25(27)28)23-13(2)21-9-14-5-15(10-21)7-16(6-14)11-21/h3-4,8,12-16,23H,5-7,9-11H2,1-2H3,(H,24,26)/p+1/t12-,13-,14?,15?,16?,21?/m0/s1. The van der Waals surface area contributed by atoms with Crippen molar-refractivity contribution in [2.45, 2.75) is 64.5 Å². The summed E-state index contributed by atoms with van der Waals surface area (Å²) in [6.07, 6.45) is 8.04. The minimum atomic E-state index is -0.905. The van der Waals surface area contributed by atoms with Crippen LogP contribution in [-0.2, 0) is 4.79 Å². The molecule has 1 aromatic carbocycles. The fourth-order valence-corrected chi connectivity index (χ4v) is 6.45. The molecule has 1 amide bonds. The van der Waals surface area contributed by atoms with Gasteiger partial charge in [0.05, 0.1) is 11.0 Å². The topological polar surface area (TPSA) is 88.8 Å². The maximum absolute atomic E-state index is 13.5. The first-order valence-corrected chi connectivity index (χ1v) is 10.4. The van der Waals surface area contributed by atoms with E-state index in [2.05, 4.69) is 17.6 Å². The van der Waals surface area contributed by atoms with Gasteiger partial charge >= 0.3 is 5.69 Å². The molecule has 0 spiro atoms. The maximum atomic E-state index is 13.5. The van der Waals surface area contributed by atoms with Crippen LogP contribution in [-0.4, -0.2) is 22.9 Å². The third-order valence-corrected chi connectivity index (χ3v) is 7.45. The van der Waals surface area contributed by atoms with Crippen LogP contribution in [0.3, 0.4) is 0 Å². The van der Waals surface area contributed by atoms with E-state index in [9.17, 15) is 19.3 Å². The maximum Gasteiger partial charge on any atom is 0.306 e. The molecule has 0 aromatic heterocycles. The molecule has 4 saturated carbocycles. The van der Waals surface area contributed by atoms with E-state index in [1.54, 1.807) is 0 Å². The lowest BCUT2D eigenvalue weighted by molar-refractivity contribution is -0.718. The summed E-state index contributed by atoms with van der Waals surface area (Å²) < 4.78 is 13.5. The number of nitro benzene ring substituents is 1. The fraction of sp³-hybridized carbons (Fsp3) is 0.667. The van der Waals surface area contributed by atoms with E-state index < -0.39 is 16.4 Å². The molecule has 6 nitrogen and oxygen atoms in total. The molecule has 28 heavy (non-hydrogen) atoms. The molecule has 0 radical (unpaired) electrons. The molecule has 7 heteroatoms. The Bertz CT molecular complexity index is 762. The summed E-state index contributed by atoms with van der Waals surface area (Å²) in [5, 5.41) is 15.7. The van der Waals surface area contributed by atoms with Crippen LogP contribution < -0.4 is 10.6 Å². The monoisotopic (exact) mass is 390 g/mol. The van der Waals surface area contributed by atoms with Gasteiger partial charge in [0.2, 0.25) is 5.82 Å². The van der Waals surface area contributed by atoms with Crippen LogP contribution in [0.25, 0.3) is 0 Å². The minimum absolute atomic E-state index is 0.211. The van der Waals surface area contributed by atoms with Crippen LogP contribution in [0.2, 0.25) is 0 Å². The molecule has 0 heterocycles. The summed E-state index contributed by atoms with van der Waals surface area (Å²) in [6.45, 7) is 4.12. The van der Waals surface area contributed by atoms with Gasteiger partial charge < -0.3 is 10.6 Å². The zero-order valence-electron chi connectivity index (χ0n) is 16.5. The van der Waals surface area contributed by atoms with Gasteiger partial charge in [-0.25, -0.2) is 0 Å². The highest BCUT2D eigenvalue weighted by molar-refractivity contribution is 5.93. The molecule has 0 saturated heterocycles. The average molecular weight is 390 g/mol. The highest BCUT2D eigenvalue weighted by atomic mass is 19.1. The molecule has 4 fully saturated rings. The van der Waals surface area contributed by atoms with Gasteiger partial charge in [-0.1, -0.05) is 0 Å². The molecule has 4 aliphatic rings. The number of nitrogens with one attached hydrogen (secondary N) is 1. The number of nitrogens with zero attached hydrogens (tertiary/aromatic N) is 1. The summed E-state index contributed by atoms with van der Waals surface area (Å²) >= 11 is 0. The van der Waals surface area contributed by atoms with Gasteiger partial charge in [-0.05, 0) is 82.3 Å². The van der Waals surface area contributed by atoms with Gasteiger partial charge in [-0.2, -0.15) is 4.39 Å². The van der Waals surface area contributed by atoms with Crippen molar-refractivity contribution >= 4 is 17.3 Å². The lowest BCUT2D eigenvalue weighted by atomic mass is 9.48. The third kappa shape index (κ3) is 3.52. The first-order valence-electron chi connectivity index (χ1n) is 10.4. The summed E-state index contributed by atoms with van der Waals surface area (Å²) in [7, 11) is 0. The normalized spacial score (nSPS) is 32.8. The number of halogens is 1. The van der Waals surface area contributed by atoms with Crippen molar-refractivity contribution in [3.63, 3.8) is 0 Å². The number of hydrogen-bond acceptors (Lipinski definition) is 3. The van der Waals surface area contributed by atoms with Crippen molar-refractivity contribution in [1.29, 1.82) is 0 Å². The van der Waals surface area contributed by atoms with E-state index in [1.165, 1.54) is 44.6 Å². The lowest BCUT2D eigenvalue weighted by Crippen LogP contribution is -2.98. The highest BCUT2D eigenvalue weighted by Crippen LogP contribution is 2.60. The third-order valence-electron chi connectivity index (χ3n) is 7.45. The SMILES string of the molecule is C[C@H]([NH2+][C@@H](C)C12CC3CC(CC(C3)C1)C2)C(=O)Nc1ccc(F)c([N+](=O)[O-])c1. The Morgan fingerprint density at radius 2 is 1.79 bits per heavy atom. The smallest absolute Gasteiger partial charge is 0.306 e. The van der Waals surface area contributed by atoms with Crippen LogP contribution in [0.5, 0.6) is 0 Å². The summed E-state index contributed by atoms with van der Waals surface area (Å²) in [5.41, 5.74) is -0.0324. The first kappa shape index (κ1) is 19.3. The molecular weight excluding hydrogens is 361 g/mol. The fourth-order valence-electron chi connectivity index (χ4n) is 6.45. The van der Waals surface area contributed by atoms with Crippen LogP contribution in [0.1, 0.15) is 52.4 Å². The van der Waals surface area contributed by atoms with Gasteiger partial charge in [0, 0.05) is 17.2 Å². The van der Waals surface area contributed by atoms with Crippen molar-refractivity contribution in [3.8, 4) is 0 Å². The average Bonchev–Trinajstić information content (AvgIpc) is 2.61. The number of nitro groups is 1. The minimum Gasteiger partial charge on any atom is -0.334 e. The number of quaternary nitrogens is 1. The van der Waals surface area contributed by atoms with E-state index in [0.29, 0.717) is 11.5 Å². The molecule has 152 valence electrons. The van der Waals surface area contributed by atoms with Gasteiger partial charge in [-0.3, -0.25) is 14.9 Å². The highest BCUT2D eigenvalue weighted by Gasteiger charge is 2.54. The Labute approximate surface area is 164 Å². The second-order valence-electron chi connectivity index (χ2n) is 9.46. The number of rotatable bonds is 6. The molecule has 1 aromatic rings. The quantitative estimate of drug-likeness (QED) is 0.577. The van der Waals surface area contributed by atoms with Gasteiger partial charge in [0.1, 0.15) is 0 Å². The van der Waals surface area contributed by atoms with E-state index in [0.717, 1.165) is 29.9 Å². The Balaban J connectivity index is 1.40. The molecule has 4 bridgehead atoms. The number of carbonyl (C=O) groups is 1. The van der Waals surface area contributed by atoms with Crippen LogP contribution in [0, 0.1) is 39.1 Å². The molecule has 0 aliphatic heterocycles. The van der Waals surface area contributed by atoms with E-state index in [-0.39, 0.29) is 17.6 Å². The second-order valence-corrected chi connectivity index (χ2v) is 9.46. The molecule has 3 N–H and O–H groups in total. The largest absolute Gasteiger partial charge is 0.334 e. The van der Waals surface area contributed by atoms with Crippen molar-refractivity contribution in [2.24, 2.45) is 23.2 Å². The number of anilines is 1. The number of hydrogen-bond donors (Lipinski definition) is 2. The van der Waals surface area contributed by atoms with E-state index in [1.807, 2.05) is 6.92 Å². The van der Waals surface area contributed by atoms with Crippen LogP contribution >= 0.6 is 0 Å².